The van der Waals surface area contributed by atoms with E-state index in [1.54, 1.807) is 7.05 Å². The molecule has 8 heteroatoms. The van der Waals surface area contributed by atoms with Crippen LogP contribution in [0, 0.1) is 0 Å². The summed E-state index contributed by atoms with van der Waals surface area (Å²) in [6.07, 6.45) is 1.93. The molecule has 1 N–H and O–H groups in total. The summed E-state index contributed by atoms with van der Waals surface area (Å²) in [6.45, 7) is 0. The number of aryl methyl sites for hydroxylation is 1. The largest absolute Gasteiger partial charge is 0.324 e. The predicted molar refractivity (Wildman–Crippen MR) is 95.7 cm³/mol. The Morgan fingerprint density at radius 1 is 1.25 bits per heavy atom. The number of imidazole rings is 1. The lowest BCUT2D eigenvalue weighted by Crippen LogP contribution is -2.30. The Balaban J connectivity index is 1.91. The van der Waals surface area contributed by atoms with Gasteiger partial charge in [-0.3, -0.25) is 0 Å². The zero-order valence-corrected chi connectivity index (χ0v) is 15.3. The Bertz CT molecular complexity index is 906. The highest BCUT2D eigenvalue weighted by atomic mass is 35.5. The molecule has 1 atom stereocenters. The van der Waals surface area contributed by atoms with Crippen molar-refractivity contribution < 1.29 is 8.42 Å². The number of thiophene rings is 1. The number of sulfonamides is 1. The van der Waals surface area contributed by atoms with Crippen LogP contribution in [-0.4, -0.2) is 18.0 Å². The summed E-state index contributed by atoms with van der Waals surface area (Å²) in [6, 6.07) is 13.2. The molecule has 3 aromatic rings. The van der Waals surface area contributed by atoms with Gasteiger partial charge >= 0.3 is 0 Å². The summed E-state index contributed by atoms with van der Waals surface area (Å²) < 4.78 is 29.6. The fourth-order valence-corrected chi connectivity index (χ4v) is 4.85. The third kappa shape index (κ3) is 3.70. The van der Waals surface area contributed by atoms with Gasteiger partial charge < -0.3 is 4.57 Å². The lowest BCUT2D eigenvalue weighted by Gasteiger charge is -2.17. The first-order valence-electron chi connectivity index (χ1n) is 7.24. The summed E-state index contributed by atoms with van der Waals surface area (Å²) in [7, 11) is -2.17. The normalized spacial score (nSPS) is 13.1. The number of nitrogens with zero attached hydrogens (tertiary/aromatic N) is 2. The molecule has 0 aliphatic heterocycles. The molecule has 0 radical (unpaired) electrons. The molecule has 5 nitrogen and oxygen atoms in total. The second-order valence-corrected chi connectivity index (χ2v) is 8.30. The monoisotopic (exact) mass is 381 g/mol. The maximum Gasteiger partial charge on any atom is 0.261 e. The van der Waals surface area contributed by atoms with E-state index in [1.165, 1.54) is 22.2 Å². The number of halogens is 1. The molecule has 0 saturated carbocycles. The topological polar surface area (TPSA) is 64.0 Å². The minimum Gasteiger partial charge on any atom is -0.324 e. The lowest BCUT2D eigenvalue weighted by atomic mass is 10.1. The van der Waals surface area contributed by atoms with Gasteiger partial charge in [-0.05, 0) is 23.4 Å². The third-order valence-corrected chi connectivity index (χ3v) is 6.50. The molecule has 0 fully saturated rings. The SMILES string of the molecule is Cn1cnc(S(=O)(=O)NC(Cc2ccccc2)c2cccs2)c1Cl. The van der Waals surface area contributed by atoms with Crippen molar-refractivity contribution in [2.45, 2.75) is 17.5 Å². The predicted octanol–water partition coefficient (Wildman–Crippen LogP) is 3.40. The van der Waals surface area contributed by atoms with Crippen molar-refractivity contribution >= 4 is 33.0 Å². The molecule has 1 unspecified atom stereocenters. The maximum absolute atomic E-state index is 12.7. The average Bonchev–Trinajstić information content (AvgIpc) is 3.19. The van der Waals surface area contributed by atoms with E-state index in [0.29, 0.717) is 6.42 Å². The first-order chi connectivity index (χ1) is 11.5. The van der Waals surface area contributed by atoms with Crippen molar-refractivity contribution in [3.63, 3.8) is 0 Å². The van der Waals surface area contributed by atoms with Crippen molar-refractivity contribution in [2.75, 3.05) is 0 Å². The van der Waals surface area contributed by atoms with E-state index in [9.17, 15) is 8.42 Å². The highest BCUT2D eigenvalue weighted by Gasteiger charge is 2.27. The highest BCUT2D eigenvalue weighted by molar-refractivity contribution is 7.89. The fourth-order valence-electron chi connectivity index (χ4n) is 2.36. The van der Waals surface area contributed by atoms with E-state index in [-0.39, 0.29) is 16.2 Å². The smallest absolute Gasteiger partial charge is 0.261 e. The molecule has 0 aliphatic carbocycles. The molecular formula is C16H16ClN3O2S2. The van der Waals surface area contributed by atoms with Gasteiger partial charge in [-0.1, -0.05) is 48.0 Å². The first kappa shape index (κ1) is 17.2. The van der Waals surface area contributed by atoms with Crippen molar-refractivity contribution in [1.29, 1.82) is 0 Å². The Morgan fingerprint density at radius 3 is 2.58 bits per heavy atom. The fraction of sp³-hybridized carbons (Fsp3) is 0.188. The number of rotatable bonds is 6. The Morgan fingerprint density at radius 2 is 2.00 bits per heavy atom. The van der Waals surface area contributed by atoms with Crippen molar-refractivity contribution in [3.8, 4) is 0 Å². The molecule has 2 aromatic heterocycles. The summed E-state index contributed by atoms with van der Waals surface area (Å²) in [4.78, 5) is 4.85. The standard InChI is InChI=1S/C16H16ClN3O2S2/c1-20-11-18-16(15(20)17)24(21,22)19-13(14-8-5-9-23-14)10-12-6-3-2-4-7-12/h2-9,11,13,19H,10H2,1H3. The summed E-state index contributed by atoms with van der Waals surface area (Å²) in [5.41, 5.74) is 1.05. The van der Waals surface area contributed by atoms with Crippen molar-refractivity contribution in [3.05, 3.63) is 69.8 Å². The minimum atomic E-state index is -3.82. The van der Waals surface area contributed by atoms with Crippen LogP contribution in [0.3, 0.4) is 0 Å². The molecule has 24 heavy (non-hydrogen) atoms. The van der Waals surface area contributed by atoms with Gasteiger partial charge in [0.05, 0.1) is 12.4 Å². The van der Waals surface area contributed by atoms with E-state index < -0.39 is 10.0 Å². The van der Waals surface area contributed by atoms with E-state index in [2.05, 4.69) is 9.71 Å². The van der Waals surface area contributed by atoms with Gasteiger partial charge in [0.2, 0.25) is 5.03 Å². The summed E-state index contributed by atoms with van der Waals surface area (Å²) >= 11 is 7.56. The highest BCUT2D eigenvalue weighted by Crippen LogP contribution is 2.26. The van der Waals surface area contributed by atoms with Gasteiger partial charge in [0.15, 0.2) is 0 Å². The Hall–Kier alpha value is -1.67. The van der Waals surface area contributed by atoms with Gasteiger partial charge in [0.25, 0.3) is 10.0 Å². The van der Waals surface area contributed by atoms with Crippen LogP contribution in [0.15, 0.2) is 59.2 Å². The van der Waals surface area contributed by atoms with E-state index in [0.717, 1.165) is 10.4 Å². The molecule has 1 aromatic carbocycles. The Labute approximate surface area is 150 Å². The minimum absolute atomic E-state index is 0.0899. The molecule has 0 bridgehead atoms. The number of nitrogens with one attached hydrogen (secondary N) is 1. The number of benzene rings is 1. The van der Waals surface area contributed by atoms with Gasteiger partial charge in [-0.15, -0.1) is 11.3 Å². The van der Waals surface area contributed by atoms with Crippen molar-refractivity contribution in [2.24, 2.45) is 7.05 Å². The van der Waals surface area contributed by atoms with E-state index in [1.807, 2.05) is 47.8 Å². The van der Waals surface area contributed by atoms with Gasteiger partial charge in [0.1, 0.15) is 5.15 Å². The molecule has 0 spiro atoms. The summed E-state index contributed by atoms with van der Waals surface area (Å²) in [5.74, 6) is 0. The quantitative estimate of drug-likeness (QED) is 0.711. The van der Waals surface area contributed by atoms with Crippen LogP contribution >= 0.6 is 22.9 Å². The molecule has 0 saturated heterocycles. The summed E-state index contributed by atoms with van der Waals surface area (Å²) in [5, 5.41) is 1.86. The van der Waals surface area contributed by atoms with Crippen LogP contribution in [0.4, 0.5) is 0 Å². The van der Waals surface area contributed by atoms with E-state index >= 15 is 0 Å². The van der Waals surface area contributed by atoms with Crippen LogP contribution < -0.4 is 4.72 Å². The molecule has 2 heterocycles. The van der Waals surface area contributed by atoms with Crippen LogP contribution in [0.1, 0.15) is 16.5 Å². The Kier molecular flexibility index (Phi) is 5.05. The van der Waals surface area contributed by atoms with E-state index in [4.69, 9.17) is 11.6 Å². The third-order valence-electron chi connectivity index (χ3n) is 3.56. The van der Waals surface area contributed by atoms with Crippen LogP contribution in [0.5, 0.6) is 0 Å². The zero-order valence-electron chi connectivity index (χ0n) is 12.9. The number of aromatic nitrogens is 2. The number of hydrogen-bond acceptors (Lipinski definition) is 4. The first-order valence-corrected chi connectivity index (χ1v) is 9.98. The van der Waals surface area contributed by atoms with Gasteiger partial charge in [-0.25, -0.2) is 18.1 Å². The van der Waals surface area contributed by atoms with Crippen LogP contribution in [0.2, 0.25) is 5.15 Å². The zero-order chi connectivity index (χ0) is 17.2. The van der Waals surface area contributed by atoms with Gasteiger partial charge in [0, 0.05) is 11.9 Å². The lowest BCUT2D eigenvalue weighted by molar-refractivity contribution is 0.554. The maximum atomic E-state index is 12.7. The molecule has 0 amide bonds. The second kappa shape index (κ2) is 7.06. The molecule has 126 valence electrons. The van der Waals surface area contributed by atoms with Crippen LogP contribution in [0.25, 0.3) is 0 Å². The number of hydrogen-bond donors (Lipinski definition) is 1. The average molecular weight is 382 g/mol. The second-order valence-electron chi connectivity index (χ2n) is 5.33. The van der Waals surface area contributed by atoms with Crippen molar-refractivity contribution in [1.82, 2.24) is 14.3 Å². The molecule has 3 rings (SSSR count). The molecule has 0 aliphatic rings. The van der Waals surface area contributed by atoms with Gasteiger partial charge in [-0.2, -0.15) is 0 Å². The molecular weight excluding hydrogens is 366 g/mol. The van der Waals surface area contributed by atoms with Crippen LogP contribution in [-0.2, 0) is 23.5 Å².